The lowest BCUT2D eigenvalue weighted by atomic mass is 9.94. The lowest BCUT2D eigenvalue weighted by Gasteiger charge is -2.17. The minimum absolute atomic E-state index is 0.214. The van der Waals surface area contributed by atoms with Crippen molar-refractivity contribution in [2.45, 2.75) is 32.1 Å². The van der Waals surface area contributed by atoms with Crippen molar-refractivity contribution in [2.24, 2.45) is 5.41 Å². The molecule has 1 aromatic carbocycles. The normalized spacial score (nSPS) is 11.7. The second-order valence-electron chi connectivity index (χ2n) is 4.85. The van der Waals surface area contributed by atoms with Crippen LogP contribution in [-0.2, 0) is 0 Å². The summed E-state index contributed by atoms with van der Waals surface area (Å²) in [7, 11) is 0. The zero-order valence-corrected chi connectivity index (χ0v) is 10.3. The molecule has 0 spiro atoms. The molecule has 0 aromatic heterocycles. The molecule has 0 amide bonds. The van der Waals surface area contributed by atoms with E-state index in [9.17, 15) is 4.39 Å². The molecule has 0 fully saturated rings. The Kier molecular flexibility index (Phi) is 4.03. The fourth-order valence-electron chi connectivity index (χ4n) is 1.10. The molecule has 0 saturated heterocycles. The van der Waals surface area contributed by atoms with Gasteiger partial charge in [0.2, 0.25) is 0 Å². The van der Waals surface area contributed by atoms with Crippen LogP contribution in [0.3, 0.4) is 0 Å². The second-order valence-corrected chi connectivity index (χ2v) is 5.99. The van der Waals surface area contributed by atoms with E-state index >= 15 is 0 Å². The molecule has 0 heterocycles. The van der Waals surface area contributed by atoms with Crippen molar-refractivity contribution in [2.75, 3.05) is 11.5 Å². The molecule has 0 radical (unpaired) electrons. The Morgan fingerprint density at radius 3 is 2.53 bits per heavy atom. The monoisotopic (exact) mass is 227 g/mol. The predicted octanol–water partition coefficient (Wildman–Crippen LogP) is 3.94. The van der Waals surface area contributed by atoms with Gasteiger partial charge >= 0.3 is 0 Å². The smallest absolute Gasteiger partial charge is 0.138 e. The standard InChI is InChI=1S/C12H18FNS/c1-12(2,3)6-7-15-11-5-4-9(14)8-10(11)13/h4-5,8H,6-7,14H2,1-3H3. The van der Waals surface area contributed by atoms with Crippen LogP contribution < -0.4 is 5.73 Å². The van der Waals surface area contributed by atoms with Gasteiger partial charge in [0.25, 0.3) is 0 Å². The lowest BCUT2D eigenvalue weighted by Crippen LogP contribution is -2.05. The predicted molar refractivity (Wildman–Crippen MR) is 65.6 cm³/mol. The number of halogens is 1. The number of hydrogen-bond acceptors (Lipinski definition) is 2. The number of rotatable bonds is 3. The van der Waals surface area contributed by atoms with Crippen molar-refractivity contribution in [3.05, 3.63) is 24.0 Å². The van der Waals surface area contributed by atoms with E-state index in [1.54, 1.807) is 23.9 Å². The molecule has 15 heavy (non-hydrogen) atoms. The second kappa shape index (κ2) is 4.88. The third-order valence-corrected chi connectivity index (χ3v) is 3.12. The zero-order valence-electron chi connectivity index (χ0n) is 9.51. The molecule has 1 nitrogen and oxygen atoms in total. The summed E-state index contributed by atoms with van der Waals surface area (Å²) in [6, 6.07) is 4.86. The SMILES string of the molecule is CC(C)(C)CCSc1ccc(N)cc1F. The van der Waals surface area contributed by atoms with Crippen LogP contribution >= 0.6 is 11.8 Å². The van der Waals surface area contributed by atoms with E-state index in [4.69, 9.17) is 5.73 Å². The number of hydrogen-bond donors (Lipinski definition) is 1. The van der Waals surface area contributed by atoms with Crippen LogP contribution in [0.25, 0.3) is 0 Å². The summed E-state index contributed by atoms with van der Waals surface area (Å²) in [5, 5.41) is 0. The Morgan fingerprint density at radius 1 is 1.33 bits per heavy atom. The maximum absolute atomic E-state index is 13.4. The topological polar surface area (TPSA) is 26.0 Å². The van der Waals surface area contributed by atoms with Crippen LogP contribution in [0.2, 0.25) is 0 Å². The molecule has 1 rings (SSSR count). The molecule has 0 aliphatic carbocycles. The van der Waals surface area contributed by atoms with E-state index in [0.29, 0.717) is 16.0 Å². The molecule has 0 aliphatic heterocycles. The Bertz CT molecular complexity index is 331. The maximum Gasteiger partial charge on any atom is 0.138 e. The molecule has 84 valence electrons. The molecule has 0 unspecified atom stereocenters. The highest BCUT2D eigenvalue weighted by Gasteiger charge is 2.10. The summed E-state index contributed by atoms with van der Waals surface area (Å²) < 4.78 is 13.4. The minimum atomic E-state index is -0.214. The van der Waals surface area contributed by atoms with E-state index in [0.717, 1.165) is 12.2 Å². The number of anilines is 1. The van der Waals surface area contributed by atoms with E-state index in [1.807, 2.05) is 0 Å². The van der Waals surface area contributed by atoms with Crippen LogP contribution in [0.1, 0.15) is 27.2 Å². The fraction of sp³-hybridized carbons (Fsp3) is 0.500. The summed E-state index contributed by atoms with van der Waals surface area (Å²) in [4.78, 5) is 0.688. The van der Waals surface area contributed by atoms with Crippen LogP contribution in [0, 0.1) is 11.2 Å². The van der Waals surface area contributed by atoms with Gasteiger partial charge in [-0.05, 0) is 35.8 Å². The van der Waals surface area contributed by atoms with Gasteiger partial charge in [0.05, 0.1) is 0 Å². The van der Waals surface area contributed by atoms with E-state index in [1.165, 1.54) is 6.07 Å². The maximum atomic E-state index is 13.4. The highest BCUT2D eigenvalue weighted by molar-refractivity contribution is 7.99. The van der Waals surface area contributed by atoms with Gasteiger partial charge in [-0.3, -0.25) is 0 Å². The number of thioether (sulfide) groups is 1. The van der Waals surface area contributed by atoms with Crippen molar-refractivity contribution in [1.29, 1.82) is 0 Å². The quantitative estimate of drug-likeness (QED) is 0.625. The number of benzene rings is 1. The molecule has 0 saturated carbocycles. The van der Waals surface area contributed by atoms with Gasteiger partial charge in [-0.15, -0.1) is 11.8 Å². The van der Waals surface area contributed by atoms with E-state index in [2.05, 4.69) is 20.8 Å². The molecular weight excluding hydrogens is 209 g/mol. The highest BCUT2D eigenvalue weighted by Crippen LogP contribution is 2.28. The van der Waals surface area contributed by atoms with Gasteiger partial charge in [-0.2, -0.15) is 0 Å². The highest BCUT2D eigenvalue weighted by atomic mass is 32.2. The fourth-order valence-corrected chi connectivity index (χ4v) is 2.40. The first-order chi connectivity index (χ1) is 6.88. The van der Waals surface area contributed by atoms with Gasteiger partial charge in [-0.1, -0.05) is 20.8 Å². The van der Waals surface area contributed by atoms with Crippen molar-refractivity contribution in [1.82, 2.24) is 0 Å². The van der Waals surface area contributed by atoms with Crippen molar-refractivity contribution in [3.63, 3.8) is 0 Å². The van der Waals surface area contributed by atoms with Gasteiger partial charge < -0.3 is 5.73 Å². The minimum Gasteiger partial charge on any atom is -0.399 e. The van der Waals surface area contributed by atoms with Gasteiger partial charge in [0, 0.05) is 10.6 Å². The lowest BCUT2D eigenvalue weighted by molar-refractivity contribution is 0.401. The number of nitrogen functional groups attached to an aromatic ring is 1. The average Bonchev–Trinajstić information content (AvgIpc) is 2.07. The summed E-state index contributed by atoms with van der Waals surface area (Å²) in [6.07, 6.45) is 1.07. The van der Waals surface area contributed by atoms with Crippen molar-refractivity contribution < 1.29 is 4.39 Å². The van der Waals surface area contributed by atoms with Crippen molar-refractivity contribution >= 4 is 17.4 Å². The number of nitrogens with two attached hydrogens (primary N) is 1. The van der Waals surface area contributed by atoms with E-state index in [-0.39, 0.29) is 5.82 Å². The van der Waals surface area contributed by atoms with Gasteiger partial charge in [0.15, 0.2) is 0 Å². The summed E-state index contributed by atoms with van der Waals surface area (Å²) >= 11 is 1.55. The first-order valence-electron chi connectivity index (χ1n) is 5.06. The molecular formula is C12H18FNS. The average molecular weight is 227 g/mol. The first-order valence-corrected chi connectivity index (χ1v) is 6.05. The summed E-state index contributed by atoms with van der Waals surface area (Å²) in [5.74, 6) is 0.721. The van der Waals surface area contributed by atoms with Gasteiger partial charge in [-0.25, -0.2) is 4.39 Å². The summed E-state index contributed by atoms with van der Waals surface area (Å²) in [6.45, 7) is 6.56. The van der Waals surface area contributed by atoms with Crippen LogP contribution in [0.5, 0.6) is 0 Å². The summed E-state index contributed by atoms with van der Waals surface area (Å²) in [5.41, 5.74) is 6.26. The largest absolute Gasteiger partial charge is 0.399 e. The molecule has 1 aromatic rings. The van der Waals surface area contributed by atoms with Crippen LogP contribution in [0.4, 0.5) is 10.1 Å². The molecule has 0 aliphatic rings. The zero-order chi connectivity index (χ0) is 11.5. The molecule has 2 N–H and O–H groups in total. The van der Waals surface area contributed by atoms with Gasteiger partial charge in [0.1, 0.15) is 5.82 Å². The first kappa shape index (κ1) is 12.4. The van der Waals surface area contributed by atoms with Crippen molar-refractivity contribution in [3.8, 4) is 0 Å². The van der Waals surface area contributed by atoms with Crippen LogP contribution in [0.15, 0.2) is 23.1 Å². The third kappa shape index (κ3) is 4.56. The Hall–Kier alpha value is -0.700. The Balaban J connectivity index is 2.51. The Labute approximate surface area is 95.2 Å². The molecule has 0 atom stereocenters. The van der Waals surface area contributed by atoms with Crippen LogP contribution in [-0.4, -0.2) is 5.75 Å². The Morgan fingerprint density at radius 2 is 2.00 bits per heavy atom. The third-order valence-electron chi connectivity index (χ3n) is 2.07. The van der Waals surface area contributed by atoms with E-state index < -0.39 is 0 Å². The molecule has 0 bridgehead atoms. The molecule has 3 heteroatoms.